The summed E-state index contributed by atoms with van der Waals surface area (Å²) in [5.41, 5.74) is 0. The SMILES string of the molecule is O=C1CCN2CCNC2C1=O. The molecule has 0 radical (unpaired) electrons. The molecule has 2 rings (SSSR count). The lowest BCUT2D eigenvalue weighted by molar-refractivity contribution is -0.142. The average molecular weight is 154 g/mol. The van der Waals surface area contributed by atoms with Gasteiger partial charge in [0.25, 0.3) is 0 Å². The van der Waals surface area contributed by atoms with Crippen LogP contribution in [0.4, 0.5) is 0 Å². The van der Waals surface area contributed by atoms with E-state index < -0.39 is 0 Å². The van der Waals surface area contributed by atoms with Crippen molar-refractivity contribution >= 4 is 11.6 Å². The predicted octanol–water partition coefficient (Wildman–Crippen LogP) is -1.24. The maximum atomic E-state index is 11.2. The van der Waals surface area contributed by atoms with Gasteiger partial charge in [-0.15, -0.1) is 0 Å². The van der Waals surface area contributed by atoms with E-state index in [2.05, 4.69) is 5.32 Å². The zero-order valence-electron chi connectivity index (χ0n) is 6.17. The lowest BCUT2D eigenvalue weighted by Gasteiger charge is -2.25. The van der Waals surface area contributed by atoms with Crippen LogP contribution in [0.2, 0.25) is 0 Å². The highest BCUT2D eigenvalue weighted by Crippen LogP contribution is 2.11. The Morgan fingerprint density at radius 1 is 1.36 bits per heavy atom. The number of rotatable bonds is 0. The number of Topliss-reactive ketones (excluding diaryl/α,β-unsaturated/α-hetero) is 2. The Hall–Kier alpha value is -0.740. The van der Waals surface area contributed by atoms with Crippen molar-refractivity contribution in [1.29, 1.82) is 0 Å². The Morgan fingerprint density at radius 2 is 2.18 bits per heavy atom. The maximum Gasteiger partial charge on any atom is 0.229 e. The van der Waals surface area contributed by atoms with E-state index in [4.69, 9.17) is 0 Å². The van der Waals surface area contributed by atoms with Crippen molar-refractivity contribution in [3.8, 4) is 0 Å². The summed E-state index contributed by atoms with van der Waals surface area (Å²) in [4.78, 5) is 24.1. The van der Waals surface area contributed by atoms with E-state index >= 15 is 0 Å². The molecule has 2 aliphatic heterocycles. The number of nitrogens with zero attached hydrogens (tertiary/aromatic N) is 1. The zero-order valence-corrected chi connectivity index (χ0v) is 6.17. The molecule has 0 bridgehead atoms. The number of carbonyl (C=O) groups is 2. The molecule has 0 aliphatic carbocycles. The Morgan fingerprint density at radius 3 is 3.00 bits per heavy atom. The largest absolute Gasteiger partial charge is 0.294 e. The summed E-state index contributed by atoms with van der Waals surface area (Å²) in [5.74, 6) is -0.477. The molecule has 4 nitrogen and oxygen atoms in total. The molecular formula is C7H10N2O2. The lowest BCUT2D eigenvalue weighted by atomic mass is 10.1. The lowest BCUT2D eigenvalue weighted by Crippen LogP contribution is -2.50. The average Bonchev–Trinajstić information content (AvgIpc) is 2.45. The molecule has 0 spiro atoms. The summed E-state index contributed by atoms with van der Waals surface area (Å²) in [6.45, 7) is 2.45. The number of ketones is 2. The first-order valence-corrected chi connectivity index (χ1v) is 3.83. The molecule has 11 heavy (non-hydrogen) atoms. The molecule has 2 aliphatic rings. The van der Waals surface area contributed by atoms with Gasteiger partial charge in [-0.05, 0) is 0 Å². The summed E-state index contributed by atoms with van der Waals surface area (Å²) in [7, 11) is 0. The van der Waals surface area contributed by atoms with Crippen molar-refractivity contribution < 1.29 is 9.59 Å². The molecule has 0 aromatic rings. The zero-order chi connectivity index (χ0) is 7.84. The van der Waals surface area contributed by atoms with Gasteiger partial charge in [-0.3, -0.25) is 19.8 Å². The smallest absolute Gasteiger partial charge is 0.229 e. The number of hydrogen-bond acceptors (Lipinski definition) is 4. The third kappa shape index (κ3) is 0.985. The number of fused-ring (bicyclic) bond motifs is 1. The molecule has 0 aromatic heterocycles. The second-order valence-electron chi connectivity index (χ2n) is 2.93. The van der Waals surface area contributed by atoms with Gasteiger partial charge in [-0.2, -0.15) is 0 Å². The number of nitrogens with one attached hydrogen (secondary N) is 1. The summed E-state index contributed by atoms with van der Waals surface area (Å²) >= 11 is 0. The van der Waals surface area contributed by atoms with Crippen molar-refractivity contribution in [1.82, 2.24) is 10.2 Å². The summed E-state index contributed by atoms with van der Waals surface area (Å²) in [5, 5.41) is 2.99. The van der Waals surface area contributed by atoms with Crippen LogP contribution in [0, 0.1) is 0 Å². The number of carbonyl (C=O) groups excluding carboxylic acids is 2. The van der Waals surface area contributed by atoms with Crippen LogP contribution >= 0.6 is 0 Å². The van der Waals surface area contributed by atoms with E-state index in [0.29, 0.717) is 6.42 Å². The predicted molar refractivity (Wildman–Crippen MR) is 38.0 cm³/mol. The van der Waals surface area contributed by atoms with E-state index in [1.54, 1.807) is 0 Å². The molecule has 0 saturated carbocycles. The first-order valence-electron chi connectivity index (χ1n) is 3.83. The van der Waals surface area contributed by atoms with Crippen molar-refractivity contribution in [3.63, 3.8) is 0 Å². The quantitative estimate of drug-likeness (QED) is 0.443. The van der Waals surface area contributed by atoms with E-state index in [9.17, 15) is 9.59 Å². The third-order valence-corrected chi connectivity index (χ3v) is 2.25. The second kappa shape index (κ2) is 2.39. The topological polar surface area (TPSA) is 49.4 Å². The van der Waals surface area contributed by atoms with Gasteiger partial charge in [0.2, 0.25) is 11.6 Å². The van der Waals surface area contributed by atoms with Gasteiger partial charge in [0.1, 0.15) is 6.17 Å². The van der Waals surface area contributed by atoms with Crippen LogP contribution in [0.1, 0.15) is 6.42 Å². The van der Waals surface area contributed by atoms with Gasteiger partial charge in [-0.1, -0.05) is 0 Å². The van der Waals surface area contributed by atoms with Gasteiger partial charge >= 0.3 is 0 Å². The molecule has 1 unspecified atom stereocenters. The molecule has 60 valence electrons. The highest BCUT2D eigenvalue weighted by atomic mass is 16.2. The highest BCUT2D eigenvalue weighted by molar-refractivity contribution is 6.39. The minimum atomic E-state index is -0.295. The molecule has 1 atom stereocenters. The molecule has 2 heterocycles. The Bertz CT molecular complexity index is 214. The molecule has 0 aromatic carbocycles. The number of hydrogen-bond donors (Lipinski definition) is 1. The Balaban J connectivity index is 2.18. The minimum absolute atomic E-state index is 0.222. The van der Waals surface area contributed by atoms with Crippen LogP contribution in [0.15, 0.2) is 0 Å². The maximum absolute atomic E-state index is 11.2. The minimum Gasteiger partial charge on any atom is -0.294 e. The summed E-state index contributed by atoms with van der Waals surface area (Å²) < 4.78 is 0. The van der Waals surface area contributed by atoms with Crippen LogP contribution in [0.25, 0.3) is 0 Å². The van der Waals surface area contributed by atoms with Crippen LogP contribution in [0.5, 0.6) is 0 Å². The highest BCUT2D eigenvalue weighted by Gasteiger charge is 2.37. The van der Waals surface area contributed by atoms with Crippen molar-refractivity contribution in [2.45, 2.75) is 12.6 Å². The fourth-order valence-corrected chi connectivity index (χ4v) is 1.62. The molecular weight excluding hydrogens is 144 g/mol. The standard InChI is InChI=1S/C7H10N2O2/c10-5-1-3-9-4-2-8-7(9)6(5)11/h7-8H,1-4H2. The van der Waals surface area contributed by atoms with Gasteiger partial charge < -0.3 is 0 Å². The second-order valence-corrected chi connectivity index (χ2v) is 2.93. The monoisotopic (exact) mass is 154 g/mol. The fraction of sp³-hybridized carbons (Fsp3) is 0.714. The number of piperidine rings is 1. The first kappa shape index (κ1) is 6.94. The van der Waals surface area contributed by atoms with Gasteiger partial charge in [0.15, 0.2) is 0 Å². The third-order valence-electron chi connectivity index (χ3n) is 2.25. The fourth-order valence-electron chi connectivity index (χ4n) is 1.62. The van der Waals surface area contributed by atoms with Gasteiger partial charge in [-0.25, -0.2) is 0 Å². The normalized spacial score (nSPS) is 32.5. The molecule has 2 fully saturated rings. The van der Waals surface area contributed by atoms with Crippen LogP contribution in [-0.4, -0.2) is 42.3 Å². The van der Waals surface area contributed by atoms with E-state index in [-0.39, 0.29) is 17.7 Å². The molecule has 0 amide bonds. The van der Waals surface area contributed by atoms with Crippen LogP contribution in [0.3, 0.4) is 0 Å². The van der Waals surface area contributed by atoms with Crippen molar-refractivity contribution in [2.24, 2.45) is 0 Å². The first-order chi connectivity index (χ1) is 5.29. The summed E-state index contributed by atoms with van der Waals surface area (Å²) in [6, 6.07) is 0. The van der Waals surface area contributed by atoms with Crippen LogP contribution < -0.4 is 5.32 Å². The Labute approximate surface area is 64.5 Å². The van der Waals surface area contributed by atoms with E-state index in [0.717, 1.165) is 19.6 Å². The van der Waals surface area contributed by atoms with E-state index in [1.807, 2.05) is 4.90 Å². The molecule has 1 N–H and O–H groups in total. The molecule has 2 saturated heterocycles. The van der Waals surface area contributed by atoms with Gasteiger partial charge in [0.05, 0.1) is 0 Å². The van der Waals surface area contributed by atoms with Crippen LogP contribution in [-0.2, 0) is 9.59 Å². The van der Waals surface area contributed by atoms with Gasteiger partial charge in [0, 0.05) is 26.1 Å². The Kier molecular flexibility index (Phi) is 1.51. The van der Waals surface area contributed by atoms with Crippen molar-refractivity contribution in [2.75, 3.05) is 19.6 Å². The summed E-state index contributed by atoms with van der Waals surface area (Å²) in [6.07, 6.45) is 0.105. The van der Waals surface area contributed by atoms with Crippen molar-refractivity contribution in [3.05, 3.63) is 0 Å². The molecule has 4 heteroatoms. The van der Waals surface area contributed by atoms with E-state index in [1.165, 1.54) is 0 Å².